The van der Waals surface area contributed by atoms with Crippen LogP contribution in [0.2, 0.25) is 5.02 Å². The highest BCUT2D eigenvalue weighted by molar-refractivity contribution is 6.33. The molecule has 4 nitrogen and oxygen atoms in total. The molecular formula is C14H16ClNO3. The fraction of sp³-hybridized carbons (Fsp3) is 0.357. The maximum atomic E-state index is 11.5. The van der Waals surface area contributed by atoms with Crippen LogP contribution in [0.15, 0.2) is 18.2 Å². The normalized spacial score (nSPS) is 9.74. The summed E-state index contributed by atoms with van der Waals surface area (Å²) in [5, 5.41) is 11.6. The van der Waals surface area contributed by atoms with Crippen molar-refractivity contribution in [3.05, 3.63) is 28.8 Å². The van der Waals surface area contributed by atoms with Crippen LogP contribution in [0, 0.1) is 17.8 Å². The number of benzene rings is 1. The Bertz CT molecular complexity index is 503. The third-order valence-electron chi connectivity index (χ3n) is 2.06. The smallest absolute Gasteiger partial charge is 0.411 e. The number of rotatable bonds is 3. The zero-order chi connectivity index (χ0) is 14.3. The molecule has 0 bridgehead atoms. The summed E-state index contributed by atoms with van der Waals surface area (Å²) in [6, 6.07) is 4.96. The topological polar surface area (TPSA) is 58.6 Å². The lowest BCUT2D eigenvalue weighted by molar-refractivity contribution is 0.147. The first-order valence-corrected chi connectivity index (χ1v) is 6.23. The van der Waals surface area contributed by atoms with Crippen molar-refractivity contribution >= 4 is 23.4 Å². The van der Waals surface area contributed by atoms with Crippen molar-refractivity contribution < 1.29 is 14.6 Å². The average molecular weight is 282 g/mol. The van der Waals surface area contributed by atoms with Crippen LogP contribution in [0.3, 0.4) is 0 Å². The second kappa shape index (κ2) is 7.67. The van der Waals surface area contributed by atoms with E-state index in [4.69, 9.17) is 21.4 Å². The van der Waals surface area contributed by atoms with E-state index in [0.717, 1.165) is 0 Å². The lowest BCUT2D eigenvalue weighted by Gasteiger charge is -2.10. The number of ether oxygens (including phenoxy) is 1. The Kier molecular flexibility index (Phi) is 6.20. The summed E-state index contributed by atoms with van der Waals surface area (Å²) in [5.41, 5.74) is 1.08. The molecule has 0 fully saturated rings. The van der Waals surface area contributed by atoms with E-state index in [1.807, 2.05) is 13.8 Å². The Morgan fingerprint density at radius 3 is 2.89 bits per heavy atom. The number of carbonyl (C=O) groups is 1. The molecule has 0 aromatic heterocycles. The maximum absolute atomic E-state index is 11.5. The van der Waals surface area contributed by atoms with Gasteiger partial charge in [0.25, 0.3) is 0 Å². The molecule has 0 spiro atoms. The zero-order valence-corrected chi connectivity index (χ0v) is 11.6. The number of amides is 1. The highest BCUT2D eigenvalue weighted by Crippen LogP contribution is 2.22. The second-order valence-electron chi connectivity index (χ2n) is 4.27. The largest absolute Gasteiger partial charge is 0.449 e. The molecule has 19 heavy (non-hydrogen) atoms. The minimum Gasteiger partial charge on any atom is -0.449 e. The quantitative estimate of drug-likeness (QED) is 0.838. The van der Waals surface area contributed by atoms with Gasteiger partial charge in [0.2, 0.25) is 0 Å². The van der Waals surface area contributed by atoms with Crippen molar-refractivity contribution in [2.45, 2.75) is 13.8 Å². The van der Waals surface area contributed by atoms with Gasteiger partial charge in [-0.25, -0.2) is 4.79 Å². The predicted octanol–water partition coefficient (Wildman–Crippen LogP) is 2.89. The molecule has 1 amide bonds. The van der Waals surface area contributed by atoms with E-state index in [1.165, 1.54) is 0 Å². The summed E-state index contributed by atoms with van der Waals surface area (Å²) >= 11 is 5.97. The van der Waals surface area contributed by atoms with Gasteiger partial charge in [0, 0.05) is 5.56 Å². The van der Waals surface area contributed by atoms with Crippen molar-refractivity contribution in [1.82, 2.24) is 0 Å². The van der Waals surface area contributed by atoms with E-state index >= 15 is 0 Å². The van der Waals surface area contributed by atoms with Gasteiger partial charge in [-0.2, -0.15) is 0 Å². The molecular weight excluding hydrogens is 266 g/mol. The van der Waals surface area contributed by atoms with Gasteiger partial charge in [-0.05, 0) is 24.1 Å². The van der Waals surface area contributed by atoms with E-state index in [1.54, 1.807) is 18.2 Å². The molecule has 0 aliphatic carbocycles. The van der Waals surface area contributed by atoms with Gasteiger partial charge < -0.3 is 9.84 Å². The fourth-order valence-corrected chi connectivity index (χ4v) is 1.39. The highest BCUT2D eigenvalue weighted by Gasteiger charge is 2.08. The molecule has 0 radical (unpaired) electrons. The Hall–Kier alpha value is -1.70. The van der Waals surface area contributed by atoms with Gasteiger partial charge in [-0.3, -0.25) is 5.32 Å². The molecule has 1 rings (SSSR count). The van der Waals surface area contributed by atoms with Gasteiger partial charge in [0.15, 0.2) is 0 Å². The summed E-state index contributed by atoms with van der Waals surface area (Å²) in [6.07, 6.45) is -0.553. The van der Waals surface area contributed by atoms with Crippen LogP contribution in [0.5, 0.6) is 0 Å². The van der Waals surface area contributed by atoms with E-state index in [2.05, 4.69) is 17.2 Å². The lowest BCUT2D eigenvalue weighted by Crippen LogP contribution is -2.16. The highest BCUT2D eigenvalue weighted by atomic mass is 35.5. The number of aliphatic hydroxyl groups excluding tert-OH is 1. The molecule has 0 unspecified atom stereocenters. The maximum Gasteiger partial charge on any atom is 0.411 e. The first-order valence-electron chi connectivity index (χ1n) is 5.86. The van der Waals surface area contributed by atoms with Crippen LogP contribution in [0.25, 0.3) is 0 Å². The fourth-order valence-electron chi connectivity index (χ4n) is 1.23. The Morgan fingerprint density at radius 2 is 2.26 bits per heavy atom. The summed E-state index contributed by atoms with van der Waals surface area (Å²) in [4.78, 5) is 11.5. The van der Waals surface area contributed by atoms with Crippen LogP contribution < -0.4 is 5.32 Å². The second-order valence-corrected chi connectivity index (χ2v) is 4.68. The van der Waals surface area contributed by atoms with Gasteiger partial charge >= 0.3 is 6.09 Å². The molecule has 0 atom stereocenters. The van der Waals surface area contributed by atoms with Gasteiger partial charge in [-0.15, -0.1) is 0 Å². The molecule has 0 heterocycles. The Balaban J connectivity index is 2.74. The van der Waals surface area contributed by atoms with Crippen molar-refractivity contribution in [1.29, 1.82) is 0 Å². The first kappa shape index (κ1) is 15.4. The van der Waals surface area contributed by atoms with Crippen LogP contribution in [-0.4, -0.2) is 24.4 Å². The van der Waals surface area contributed by atoms with Crippen LogP contribution in [0.4, 0.5) is 10.5 Å². The van der Waals surface area contributed by atoms with Gasteiger partial charge in [0.05, 0.1) is 17.3 Å². The first-order chi connectivity index (χ1) is 9.02. The molecule has 0 aliphatic heterocycles. The standard InChI is InChI=1S/C14H16ClNO3/c1-10(2)9-19-14(18)16-13-8-11(4-3-7-17)5-6-12(13)15/h5-6,8,10,17H,7,9H2,1-2H3,(H,16,18). The predicted molar refractivity (Wildman–Crippen MR) is 75.2 cm³/mol. The number of carbonyl (C=O) groups excluding carboxylic acids is 1. The third kappa shape index (κ3) is 5.64. The molecule has 2 N–H and O–H groups in total. The third-order valence-corrected chi connectivity index (χ3v) is 2.39. The summed E-state index contributed by atoms with van der Waals surface area (Å²) in [7, 11) is 0. The van der Waals surface area contributed by atoms with E-state index in [9.17, 15) is 4.79 Å². The number of aliphatic hydroxyl groups is 1. The summed E-state index contributed by atoms with van der Waals surface area (Å²) in [5.74, 6) is 5.52. The number of anilines is 1. The Morgan fingerprint density at radius 1 is 1.53 bits per heavy atom. The number of hydrogen-bond donors (Lipinski definition) is 2. The summed E-state index contributed by atoms with van der Waals surface area (Å²) in [6.45, 7) is 4.02. The van der Waals surface area contributed by atoms with Gasteiger partial charge in [0.1, 0.15) is 6.61 Å². The molecule has 0 saturated carbocycles. The van der Waals surface area contributed by atoms with Crippen LogP contribution >= 0.6 is 11.6 Å². The molecule has 102 valence electrons. The number of hydrogen-bond acceptors (Lipinski definition) is 3. The molecule has 1 aromatic rings. The van der Waals surface area contributed by atoms with Crippen molar-refractivity contribution in [2.75, 3.05) is 18.5 Å². The number of nitrogens with one attached hydrogen (secondary N) is 1. The monoisotopic (exact) mass is 281 g/mol. The minimum atomic E-state index is -0.553. The SMILES string of the molecule is CC(C)COC(=O)Nc1cc(C#CCO)ccc1Cl. The van der Waals surface area contributed by atoms with Crippen LogP contribution in [-0.2, 0) is 4.74 Å². The zero-order valence-electron chi connectivity index (χ0n) is 10.9. The Labute approximate surface area is 117 Å². The lowest BCUT2D eigenvalue weighted by atomic mass is 10.2. The van der Waals surface area contributed by atoms with E-state index < -0.39 is 6.09 Å². The van der Waals surface area contributed by atoms with Crippen LogP contribution in [0.1, 0.15) is 19.4 Å². The average Bonchev–Trinajstić information content (AvgIpc) is 2.37. The summed E-state index contributed by atoms with van der Waals surface area (Å²) < 4.78 is 5.00. The van der Waals surface area contributed by atoms with Crippen molar-refractivity contribution in [2.24, 2.45) is 5.92 Å². The minimum absolute atomic E-state index is 0.220. The molecule has 0 aliphatic rings. The molecule has 5 heteroatoms. The van der Waals surface area contributed by atoms with Gasteiger partial charge in [-0.1, -0.05) is 37.3 Å². The van der Waals surface area contributed by atoms with Crippen molar-refractivity contribution in [3.8, 4) is 11.8 Å². The van der Waals surface area contributed by atoms with E-state index in [-0.39, 0.29) is 12.5 Å². The molecule has 1 aromatic carbocycles. The molecule has 0 saturated heterocycles. The van der Waals surface area contributed by atoms with Crippen molar-refractivity contribution in [3.63, 3.8) is 0 Å². The number of halogens is 1. The van der Waals surface area contributed by atoms with E-state index in [0.29, 0.717) is 22.9 Å².